The maximum absolute atomic E-state index is 14.2. The van der Waals surface area contributed by atoms with Crippen molar-refractivity contribution < 1.29 is 17.6 Å². The average Bonchev–Trinajstić information content (AvgIpc) is 2.98. The minimum Gasteiger partial charge on any atom is -0.297 e. The minimum absolute atomic E-state index is 0.0215. The topological polar surface area (TPSA) is 58.6 Å². The number of hydroxylamine groups is 2. The molecule has 0 unspecified atom stereocenters. The summed E-state index contributed by atoms with van der Waals surface area (Å²) in [4.78, 5) is 5.41. The van der Waals surface area contributed by atoms with E-state index >= 15 is 0 Å². The molecule has 0 aromatic heterocycles. The quantitative estimate of drug-likeness (QED) is 0.886. The molecule has 0 radical (unpaired) electrons. The molecule has 2 aromatic rings. The van der Waals surface area contributed by atoms with Gasteiger partial charge in [0.05, 0.1) is 12.6 Å². The standard InChI is InChI=1S/C18H21FN2O3S/c1-13(14-8-4-3-5-9-14)20-25(22,23)17-12-24-21(2)18(17)15-10-6-7-11-16(15)19/h3-11,13,17-18,20H,12H2,1-2H3/t13-,17-,18+/m0/s1. The molecule has 1 heterocycles. The molecule has 7 heteroatoms. The monoisotopic (exact) mass is 364 g/mol. The van der Waals surface area contributed by atoms with Crippen molar-refractivity contribution in [3.63, 3.8) is 0 Å². The van der Waals surface area contributed by atoms with Gasteiger partial charge in [0, 0.05) is 18.7 Å². The summed E-state index contributed by atoms with van der Waals surface area (Å²) in [6.07, 6.45) is 0. The highest BCUT2D eigenvalue weighted by Crippen LogP contribution is 2.35. The van der Waals surface area contributed by atoms with E-state index in [2.05, 4.69) is 4.72 Å². The fraction of sp³-hybridized carbons (Fsp3) is 0.333. The third-order valence-electron chi connectivity index (χ3n) is 4.45. The summed E-state index contributed by atoms with van der Waals surface area (Å²) in [6.45, 7) is 1.76. The van der Waals surface area contributed by atoms with Crippen LogP contribution in [0.2, 0.25) is 0 Å². The molecule has 0 spiro atoms. The molecule has 3 atom stereocenters. The van der Waals surface area contributed by atoms with Crippen molar-refractivity contribution in [2.24, 2.45) is 0 Å². The predicted octanol–water partition coefficient (Wildman–Crippen LogP) is 2.79. The first kappa shape index (κ1) is 18.0. The number of benzene rings is 2. The van der Waals surface area contributed by atoms with E-state index in [1.165, 1.54) is 11.1 Å². The summed E-state index contributed by atoms with van der Waals surface area (Å²) in [5, 5.41) is 0.510. The van der Waals surface area contributed by atoms with E-state index in [0.717, 1.165) is 5.56 Å². The normalized spacial score (nSPS) is 22.8. The van der Waals surface area contributed by atoms with Gasteiger partial charge in [0.2, 0.25) is 10.0 Å². The Labute approximate surface area is 147 Å². The first-order valence-corrected chi connectivity index (χ1v) is 9.61. The van der Waals surface area contributed by atoms with Gasteiger partial charge in [-0.25, -0.2) is 17.5 Å². The number of nitrogens with zero attached hydrogens (tertiary/aromatic N) is 1. The number of sulfonamides is 1. The maximum atomic E-state index is 14.2. The van der Waals surface area contributed by atoms with Crippen LogP contribution < -0.4 is 4.72 Å². The van der Waals surface area contributed by atoms with Gasteiger partial charge in [-0.05, 0) is 18.6 Å². The second-order valence-electron chi connectivity index (χ2n) is 6.14. The van der Waals surface area contributed by atoms with Crippen LogP contribution in [0.4, 0.5) is 4.39 Å². The van der Waals surface area contributed by atoms with Crippen LogP contribution >= 0.6 is 0 Å². The van der Waals surface area contributed by atoms with Gasteiger partial charge in [-0.2, -0.15) is 5.06 Å². The van der Waals surface area contributed by atoms with E-state index in [1.807, 2.05) is 30.3 Å². The second-order valence-corrected chi connectivity index (χ2v) is 8.07. The van der Waals surface area contributed by atoms with Gasteiger partial charge in [0.15, 0.2) is 0 Å². The Hall–Kier alpha value is -1.80. The Kier molecular flexibility index (Phi) is 5.19. The third-order valence-corrected chi connectivity index (χ3v) is 6.32. The zero-order chi connectivity index (χ0) is 18.0. The van der Waals surface area contributed by atoms with Gasteiger partial charge in [-0.15, -0.1) is 0 Å². The van der Waals surface area contributed by atoms with Crippen molar-refractivity contribution in [3.05, 3.63) is 71.5 Å². The summed E-state index contributed by atoms with van der Waals surface area (Å²) in [5.41, 5.74) is 1.17. The van der Waals surface area contributed by atoms with Gasteiger partial charge < -0.3 is 0 Å². The van der Waals surface area contributed by atoms with Crippen LogP contribution in [0.5, 0.6) is 0 Å². The molecule has 25 heavy (non-hydrogen) atoms. The maximum Gasteiger partial charge on any atom is 0.219 e. The SMILES string of the molecule is C[C@H](NS(=O)(=O)[C@H]1CON(C)[C@@H]1c1ccccc1F)c1ccccc1. The summed E-state index contributed by atoms with van der Waals surface area (Å²) >= 11 is 0. The first-order valence-electron chi connectivity index (χ1n) is 8.06. The first-order chi connectivity index (χ1) is 11.9. The van der Waals surface area contributed by atoms with E-state index in [4.69, 9.17) is 4.84 Å². The van der Waals surface area contributed by atoms with E-state index < -0.39 is 33.2 Å². The molecule has 0 saturated carbocycles. The Balaban J connectivity index is 1.87. The molecular weight excluding hydrogens is 343 g/mol. The summed E-state index contributed by atoms with van der Waals surface area (Å²) in [7, 11) is -2.12. The largest absolute Gasteiger partial charge is 0.297 e. The number of nitrogens with one attached hydrogen (secondary N) is 1. The molecule has 2 aromatic carbocycles. The molecule has 3 rings (SSSR count). The molecule has 1 saturated heterocycles. The van der Waals surface area contributed by atoms with Gasteiger partial charge in [-0.3, -0.25) is 4.84 Å². The smallest absolute Gasteiger partial charge is 0.219 e. The molecule has 0 bridgehead atoms. The van der Waals surface area contributed by atoms with Crippen LogP contribution in [0.15, 0.2) is 54.6 Å². The number of rotatable bonds is 5. The van der Waals surface area contributed by atoms with Crippen molar-refractivity contribution in [1.29, 1.82) is 0 Å². The lowest BCUT2D eigenvalue weighted by Gasteiger charge is -2.25. The zero-order valence-electron chi connectivity index (χ0n) is 14.1. The summed E-state index contributed by atoms with van der Waals surface area (Å²) in [5.74, 6) is -0.443. The molecule has 1 fully saturated rings. The number of halogens is 1. The van der Waals surface area contributed by atoms with Crippen molar-refractivity contribution in [1.82, 2.24) is 9.79 Å². The summed E-state index contributed by atoms with van der Waals surface area (Å²) < 4.78 is 42.7. The van der Waals surface area contributed by atoms with Gasteiger partial charge in [0.1, 0.15) is 11.1 Å². The lowest BCUT2D eigenvalue weighted by Crippen LogP contribution is -2.40. The fourth-order valence-corrected chi connectivity index (χ4v) is 4.81. The van der Waals surface area contributed by atoms with Crippen molar-refractivity contribution >= 4 is 10.0 Å². The van der Waals surface area contributed by atoms with Crippen molar-refractivity contribution in [2.45, 2.75) is 24.3 Å². The van der Waals surface area contributed by atoms with Crippen LogP contribution in [-0.4, -0.2) is 32.4 Å². The third kappa shape index (κ3) is 3.74. The van der Waals surface area contributed by atoms with Crippen LogP contribution in [0.3, 0.4) is 0 Å². The highest BCUT2D eigenvalue weighted by atomic mass is 32.2. The highest BCUT2D eigenvalue weighted by molar-refractivity contribution is 7.90. The number of hydrogen-bond donors (Lipinski definition) is 1. The van der Waals surface area contributed by atoms with Crippen LogP contribution in [0.1, 0.15) is 30.1 Å². The fourth-order valence-electron chi connectivity index (χ4n) is 3.11. The Morgan fingerprint density at radius 3 is 2.48 bits per heavy atom. The van der Waals surface area contributed by atoms with E-state index in [0.29, 0.717) is 5.56 Å². The number of hydrogen-bond acceptors (Lipinski definition) is 4. The van der Waals surface area contributed by atoms with Gasteiger partial charge >= 0.3 is 0 Å². The van der Waals surface area contributed by atoms with E-state index in [-0.39, 0.29) is 6.61 Å². The molecule has 134 valence electrons. The van der Waals surface area contributed by atoms with E-state index in [9.17, 15) is 12.8 Å². The zero-order valence-corrected chi connectivity index (χ0v) is 14.9. The molecule has 0 aliphatic carbocycles. The van der Waals surface area contributed by atoms with Crippen molar-refractivity contribution in [2.75, 3.05) is 13.7 Å². The predicted molar refractivity (Wildman–Crippen MR) is 93.6 cm³/mol. The Morgan fingerprint density at radius 2 is 1.80 bits per heavy atom. The van der Waals surface area contributed by atoms with Crippen LogP contribution in [0, 0.1) is 5.82 Å². The molecule has 1 aliphatic heterocycles. The molecule has 1 aliphatic rings. The minimum atomic E-state index is -3.74. The Bertz CT molecular complexity index is 829. The molecular formula is C18H21FN2O3S. The molecule has 1 N–H and O–H groups in total. The summed E-state index contributed by atoms with van der Waals surface area (Å²) in [6, 6.07) is 14.4. The van der Waals surface area contributed by atoms with Crippen LogP contribution in [0.25, 0.3) is 0 Å². The lowest BCUT2D eigenvalue weighted by molar-refractivity contribution is -0.111. The lowest BCUT2D eigenvalue weighted by atomic mass is 10.0. The van der Waals surface area contributed by atoms with Crippen molar-refractivity contribution in [3.8, 4) is 0 Å². The van der Waals surface area contributed by atoms with Gasteiger partial charge in [0.25, 0.3) is 0 Å². The Morgan fingerprint density at radius 1 is 1.16 bits per heavy atom. The van der Waals surface area contributed by atoms with E-state index in [1.54, 1.807) is 32.2 Å². The second kappa shape index (κ2) is 7.21. The molecule has 0 amide bonds. The highest BCUT2D eigenvalue weighted by Gasteiger charge is 2.44. The van der Waals surface area contributed by atoms with Gasteiger partial charge in [-0.1, -0.05) is 48.5 Å². The molecule has 5 nitrogen and oxygen atoms in total. The average molecular weight is 364 g/mol. The van der Waals surface area contributed by atoms with Crippen LogP contribution in [-0.2, 0) is 14.9 Å².